The molecule has 0 bridgehead atoms. The molecular formula is C30H58NO10P. The summed E-state index contributed by atoms with van der Waals surface area (Å²) < 4.78 is 26.1. The highest BCUT2D eigenvalue weighted by Crippen LogP contribution is 2.43. The standard InChI is InChI=1S/C30H58NO10P/c1-3-5-6-7-8-9-10-11-12-13-14-15-16-17-18-19-20-22-28(33)31-27(30(35)36)25-41-42(37,38)40-24-26(32)23-39-29(34)21-4-2/h26-27,32H,3-25H2,1-2H3,(H,31,33)(H,35,36)(H,37,38). The summed E-state index contributed by atoms with van der Waals surface area (Å²) in [6, 6.07) is -1.53. The van der Waals surface area contributed by atoms with Crippen molar-refractivity contribution >= 4 is 25.7 Å². The predicted molar refractivity (Wildman–Crippen MR) is 162 cm³/mol. The molecule has 0 saturated carbocycles. The van der Waals surface area contributed by atoms with E-state index in [-0.39, 0.29) is 12.8 Å². The maximum Gasteiger partial charge on any atom is 0.472 e. The molecule has 0 aromatic rings. The molecular weight excluding hydrogens is 565 g/mol. The molecule has 0 aromatic carbocycles. The number of phosphoric acid groups is 1. The number of nitrogens with one attached hydrogen (secondary N) is 1. The molecule has 248 valence electrons. The summed E-state index contributed by atoms with van der Waals surface area (Å²) in [5.74, 6) is -2.42. The van der Waals surface area contributed by atoms with Gasteiger partial charge in [-0.1, -0.05) is 117 Å². The average molecular weight is 624 g/mol. The third-order valence-corrected chi connectivity index (χ3v) is 7.82. The number of rotatable bonds is 30. The first-order valence-corrected chi connectivity index (χ1v) is 17.6. The lowest BCUT2D eigenvalue weighted by Crippen LogP contribution is -2.43. The fourth-order valence-electron chi connectivity index (χ4n) is 4.35. The lowest BCUT2D eigenvalue weighted by atomic mass is 10.0. The monoisotopic (exact) mass is 623 g/mol. The molecule has 0 aliphatic rings. The fourth-order valence-corrected chi connectivity index (χ4v) is 5.12. The number of carboxylic acid groups (broad SMARTS) is 1. The van der Waals surface area contributed by atoms with Gasteiger partial charge in [-0.15, -0.1) is 0 Å². The quantitative estimate of drug-likeness (QED) is 0.0397. The van der Waals surface area contributed by atoms with E-state index in [1.54, 1.807) is 6.92 Å². The molecule has 3 unspecified atom stereocenters. The normalized spacial score (nSPS) is 14.2. The Morgan fingerprint density at radius 3 is 1.57 bits per heavy atom. The second kappa shape index (κ2) is 27.1. The number of amides is 1. The Kier molecular flexibility index (Phi) is 26.1. The highest BCUT2D eigenvalue weighted by Gasteiger charge is 2.28. The van der Waals surface area contributed by atoms with Gasteiger partial charge in [0.05, 0.1) is 13.2 Å². The fraction of sp³-hybridized carbons (Fsp3) is 0.900. The minimum atomic E-state index is -4.71. The Morgan fingerprint density at radius 2 is 1.12 bits per heavy atom. The van der Waals surface area contributed by atoms with Crippen molar-refractivity contribution in [2.75, 3.05) is 19.8 Å². The summed E-state index contributed by atoms with van der Waals surface area (Å²) in [5, 5.41) is 21.3. The lowest BCUT2D eigenvalue weighted by molar-refractivity contribution is -0.147. The summed E-state index contributed by atoms with van der Waals surface area (Å²) in [5.41, 5.74) is 0. The SMILES string of the molecule is CCCCCCCCCCCCCCCCCCCC(=O)NC(COP(=O)(O)OCC(O)COC(=O)CCC)C(=O)O. The number of aliphatic hydroxyl groups is 1. The number of carbonyl (C=O) groups is 3. The molecule has 0 fully saturated rings. The second-order valence-electron chi connectivity index (χ2n) is 11.0. The number of carbonyl (C=O) groups excluding carboxylic acids is 2. The number of hydrogen-bond donors (Lipinski definition) is 4. The van der Waals surface area contributed by atoms with Crippen LogP contribution < -0.4 is 5.32 Å². The number of unbranched alkanes of at least 4 members (excludes halogenated alkanes) is 16. The molecule has 42 heavy (non-hydrogen) atoms. The van der Waals surface area contributed by atoms with Crippen molar-refractivity contribution in [3.8, 4) is 0 Å². The largest absolute Gasteiger partial charge is 0.480 e. The van der Waals surface area contributed by atoms with Gasteiger partial charge in [0.2, 0.25) is 5.91 Å². The average Bonchev–Trinajstić information content (AvgIpc) is 2.94. The lowest BCUT2D eigenvalue weighted by Gasteiger charge is -2.18. The van der Waals surface area contributed by atoms with Gasteiger partial charge in [0, 0.05) is 12.8 Å². The van der Waals surface area contributed by atoms with E-state index in [2.05, 4.69) is 21.3 Å². The first kappa shape index (κ1) is 40.5. The number of aliphatic carboxylic acids is 1. The topological polar surface area (TPSA) is 169 Å². The van der Waals surface area contributed by atoms with Crippen LogP contribution in [0.5, 0.6) is 0 Å². The third kappa shape index (κ3) is 26.1. The molecule has 1 amide bonds. The Morgan fingerprint density at radius 1 is 0.667 bits per heavy atom. The van der Waals surface area contributed by atoms with Gasteiger partial charge in [0.15, 0.2) is 6.04 Å². The summed E-state index contributed by atoms with van der Waals surface area (Å²) in [6.45, 7) is 2.14. The minimum absolute atomic E-state index is 0.151. The van der Waals surface area contributed by atoms with Gasteiger partial charge in [-0.25, -0.2) is 9.36 Å². The Labute approximate surface area is 253 Å². The second-order valence-corrected chi connectivity index (χ2v) is 12.5. The summed E-state index contributed by atoms with van der Waals surface area (Å²) in [7, 11) is -4.71. The third-order valence-electron chi connectivity index (χ3n) is 6.87. The first-order valence-electron chi connectivity index (χ1n) is 16.1. The molecule has 0 aliphatic carbocycles. The Hall–Kier alpha value is -1.52. The van der Waals surface area contributed by atoms with Crippen molar-refractivity contribution in [2.45, 2.75) is 154 Å². The van der Waals surface area contributed by atoms with Gasteiger partial charge in [-0.05, 0) is 12.8 Å². The zero-order valence-electron chi connectivity index (χ0n) is 26.1. The highest BCUT2D eigenvalue weighted by molar-refractivity contribution is 7.47. The van der Waals surface area contributed by atoms with Crippen molar-refractivity contribution in [1.29, 1.82) is 0 Å². The number of phosphoric ester groups is 1. The van der Waals surface area contributed by atoms with Crippen LogP contribution in [0.1, 0.15) is 142 Å². The zero-order valence-corrected chi connectivity index (χ0v) is 27.0. The summed E-state index contributed by atoms with van der Waals surface area (Å²) in [6.07, 6.45) is 20.4. The molecule has 0 saturated heterocycles. The van der Waals surface area contributed by atoms with Crippen LogP contribution in [0.4, 0.5) is 0 Å². The van der Waals surface area contributed by atoms with E-state index >= 15 is 0 Å². The van der Waals surface area contributed by atoms with Crippen LogP contribution in [0, 0.1) is 0 Å². The zero-order chi connectivity index (χ0) is 31.5. The van der Waals surface area contributed by atoms with Crippen LogP contribution in [-0.4, -0.2) is 64.9 Å². The van der Waals surface area contributed by atoms with E-state index in [4.69, 9.17) is 4.74 Å². The molecule has 0 aliphatic heterocycles. The van der Waals surface area contributed by atoms with Crippen molar-refractivity contribution in [2.24, 2.45) is 0 Å². The van der Waals surface area contributed by atoms with E-state index in [9.17, 15) is 34.1 Å². The van der Waals surface area contributed by atoms with Crippen LogP contribution in [0.15, 0.2) is 0 Å². The van der Waals surface area contributed by atoms with Crippen LogP contribution in [-0.2, 0) is 32.7 Å². The smallest absolute Gasteiger partial charge is 0.472 e. The van der Waals surface area contributed by atoms with Crippen molar-refractivity contribution < 1.29 is 47.8 Å². The number of hydrogen-bond acceptors (Lipinski definition) is 8. The summed E-state index contributed by atoms with van der Waals surface area (Å²) >= 11 is 0. The van der Waals surface area contributed by atoms with E-state index in [0.29, 0.717) is 12.8 Å². The van der Waals surface area contributed by atoms with Gasteiger partial charge in [0.1, 0.15) is 12.7 Å². The highest BCUT2D eigenvalue weighted by atomic mass is 31.2. The predicted octanol–water partition coefficient (Wildman–Crippen LogP) is 6.44. The van der Waals surface area contributed by atoms with E-state index in [1.165, 1.54) is 83.5 Å². The maximum absolute atomic E-state index is 12.2. The molecule has 0 heterocycles. The van der Waals surface area contributed by atoms with E-state index in [0.717, 1.165) is 19.3 Å². The molecule has 0 spiro atoms. The molecule has 0 aromatic heterocycles. The van der Waals surface area contributed by atoms with Crippen molar-refractivity contribution in [3.63, 3.8) is 0 Å². The maximum atomic E-state index is 12.2. The molecule has 4 N–H and O–H groups in total. The number of carboxylic acids is 1. The molecule has 0 radical (unpaired) electrons. The molecule has 0 rings (SSSR count). The van der Waals surface area contributed by atoms with Crippen LogP contribution >= 0.6 is 7.82 Å². The van der Waals surface area contributed by atoms with Gasteiger partial charge in [0.25, 0.3) is 0 Å². The van der Waals surface area contributed by atoms with Gasteiger partial charge < -0.3 is 25.2 Å². The number of esters is 1. The van der Waals surface area contributed by atoms with Crippen molar-refractivity contribution in [1.82, 2.24) is 5.32 Å². The molecule has 12 heteroatoms. The Bertz CT molecular complexity index is 752. The van der Waals surface area contributed by atoms with Crippen LogP contribution in [0.3, 0.4) is 0 Å². The number of ether oxygens (including phenoxy) is 1. The van der Waals surface area contributed by atoms with Crippen LogP contribution in [0.25, 0.3) is 0 Å². The number of aliphatic hydroxyl groups excluding tert-OH is 1. The van der Waals surface area contributed by atoms with E-state index in [1.807, 2.05) is 0 Å². The Balaban J connectivity index is 3.87. The minimum Gasteiger partial charge on any atom is -0.480 e. The molecule has 3 atom stereocenters. The van der Waals surface area contributed by atoms with Gasteiger partial charge in [-0.2, -0.15) is 0 Å². The van der Waals surface area contributed by atoms with Crippen molar-refractivity contribution in [3.05, 3.63) is 0 Å². The first-order chi connectivity index (χ1) is 20.1. The van der Waals surface area contributed by atoms with E-state index < -0.39 is 57.6 Å². The van der Waals surface area contributed by atoms with Gasteiger partial charge in [-0.3, -0.25) is 18.6 Å². The summed E-state index contributed by atoms with van der Waals surface area (Å²) in [4.78, 5) is 44.7. The van der Waals surface area contributed by atoms with Crippen LogP contribution in [0.2, 0.25) is 0 Å². The molecule has 11 nitrogen and oxygen atoms in total. The van der Waals surface area contributed by atoms with Gasteiger partial charge >= 0.3 is 19.8 Å².